The summed E-state index contributed by atoms with van der Waals surface area (Å²) in [6.07, 6.45) is 0.0190. The van der Waals surface area contributed by atoms with Crippen molar-refractivity contribution < 1.29 is 19.0 Å². The van der Waals surface area contributed by atoms with Crippen molar-refractivity contribution in [2.45, 2.75) is 26.4 Å². The van der Waals surface area contributed by atoms with Crippen LogP contribution >= 0.6 is 0 Å². The number of ether oxygens (including phenoxy) is 3. The topological polar surface area (TPSA) is 56.8 Å². The summed E-state index contributed by atoms with van der Waals surface area (Å²) < 4.78 is 16.8. The molecule has 5 nitrogen and oxygen atoms in total. The molecule has 0 fully saturated rings. The maximum atomic E-state index is 12.5. The van der Waals surface area contributed by atoms with Gasteiger partial charge in [0, 0.05) is 11.8 Å². The lowest BCUT2D eigenvalue weighted by molar-refractivity contribution is -0.122. The molecule has 0 aliphatic carbocycles. The second-order valence-corrected chi connectivity index (χ2v) is 5.68. The lowest BCUT2D eigenvalue weighted by atomic mass is 10.2. The third kappa shape index (κ3) is 3.79. The van der Waals surface area contributed by atoms with E-state index in [4.69, 9.17) is 14.2 Å². The van der Waals surface area contributed by atoms with Gasteiger partial charge in [0.1, 0.15) is 19.0 Å². The molecule has 1 amide bonds. The van der Waals surface area contributed by atoms with Gasteiger partial charge >= 0.3 is 0 Å². The molecule has 3 rings (SSSR count). The Morgan fingerprint density at radius 2 is 1.83 bits per heavy atom. The van der Waals surface area contributed by atoms with Crippen molar-refractivity contribution in [3.63, 3.8) is 0 Å². The molecule has 0 aromatic heterocycles. The first-order chi connectivity index (χ1) is 11.7. The van der Waals surface area contributed by atoms with Crippen LogP contribution in [0.1, 0.15) is 18.9 Å². The largest absolute Gasteiger partial charge is 0.486 e. The molecule has 0 radical (unpaired) electrons. The second kappa shape index (κ2) is 7.25. The van der Waals surface area contributed by atoms with Gasteiger partial charge < -0.3 is 19.5 Å². The van der Waals surface area contributed by atoms with Crippen molar-refractivity contribution in [1.82, 2.24) is 0 Å². The first-order valence-electron chi connectivity index (χ1n) is 8.09. The minimum Gasteiger partial charge on any atom is -0.486 e. The van der Waals surface area contributed by atoms with Crippen molar-refractivity contribution in [2.24, 2.45) is 0 Å². The van der Waals surface area contributed by atoms with Gasteiger partial charge in [-0.15, -0.1) is 0 Å². The summed E-state index contributed by atoms with van der Waals surface area (Å²) in [7, 11) is 0. The van der Waals surface area contributed by atoms with Gasteiger partial charge in [0.25, 0.3) is 5.91 Å². The van der Waals surface area contributed by atoms with E-state index in [1.54, 1.807) is 18.2 Å². The predicted octanol–water partition coefficient (Wildman–Crippen LogP) is 3.56. The number of amides is 1. The number of carbonyl (C=O) groups excluding carboxylic acids is 1. The van der Waals surface area contributed by atoms with Gasteiger partial charge in [-0.3, -0.25) is 4.79 Å². The molecule has 0 bridgehead atoms. The molecule has 0 saturated carbocycles. The Morgan fingerprint density at radius 3 is 2.54 bits per heavy atom. The average Bonchev–Trinajstić information content (AvgIpc) is 2.61. The highest BCUT2D eigenvalue weighted by Crippen LogP contribution is 2.32. The molecule has 5 heteroatoms. The van der Waals surface area contributed by atoms with Crippen molar-refractivity contribution in [2.75, 3.05) is 18.5 Å². The Hall–Kier alpha value is -2.69. The Kier molecular flexibility index (Phi) is 4.89. The minimum atomic E-state index is -0.555. The van der Waals surface area contributed by atoms with Crippen LogP contribution in [-0.2, 0) is 4.79 Å². The number of fused-ring (bicyclic) bond motifs is 1. The summed E-state index contributed by atoms with van der Waals surface area (Å²) in [6, 6.07) is 13.0. The average molecular weight is 327 g/mol. The van der Waals surface area contributed by atoms with E-state index in [1.165, 1.54) is 0 Å². The van der Waals surface area contributed by atoms with Crippen molar-refractivity contribution >= 4 is 11.6 Å². The fourth-order valence-corrected chi connectivity index (χ4v) is 2.45. The van der Waals surface area contributed by atoms with Gasteiger partial charge in [-0.2, -0.15) is 0 Å². The highest BCUT2D eigenvalue weighted by molar-refractivity contribution is 5.94. The van der Waals surface area contributed by atoms with E-state index in [-0.39, 0.29) is 5.91 Å². The van der Waals surface area contributed by atoms with E-state index < -0.39 is 6.10 Å². The Bertz CT molecular complexity index is 712. The van der Waals surface area contributed by atoms with Crippen LogP contribution in [0.5, 0.6) is 17.2 Å². The lowest BCUT2D eigenvalue weighted by Gasteiger charge is -2.20. The monoisotopic (exact) mass is 327 g/mol. The third-order valence-corrected chi connectivity index (χ3v) is 3.77. The number of benzene rings is 2. The highest BCUT2D eigenvalue weighted by Gasteiger charge is 2.20. The fraction of sp³-hybridized carbons (Fsp3) is 0.316. The zero-order chi connectivity index (χ0) is 16.9. The van der Waals surface area contributed by atoms with Gasteiger partial charge in [-0.1, -0.05) is 24.6 Å². The lowest BCUT2D eigenvalue weighted by Crippen LogP contribution is -2.32. The Labute approximate surface area is 141 Å². The summed E-state index contributed by atoms with van der Waals surface area (Å²) in [5.41, 5.74) is 1.81. The smallest absolute Gasteiger partial charge is 0.265 e. The molecule has 1 atom stereocenters. The van der Waals surface area contributed by atoms with Crippen LogP contribution in [0.4, 0.5) is 5.69 Å². The molecule has 2 aromatic carbocycles. The zero-order valence-electron chi connectivity index (χ0n) is 13.9. The number of hydrogen-bond donors (Lipinski definition) is 1. The van der Waals surface area contributed by atoms with E-state index in [2.05, 4.69) is 5.32 Å². The number of hydrogen-bond acceptors (Lipinski definition) is 4. The van der Waals surface area contributed by atoms with Crippen molar-refractivity contribution in [1.29, 1.82) is 0 Å². The van der Waals surface area contributed by atoms with E-state index in [9.17, 15) is 4.79 Å². The molecule has 1 unspecified atom stereocenters. The van der Waals surface area contributed by atoms with E-state index in [1.807, 2.05) is 38.1 Å². The molecule has 2 aromatic rings. The van der Waals surface area contributed by atoms with Gasteiger partial charge in [0.05, 0.1) is 0 Å². The van der Waals surface area contributed by atoms with Crippen LogP contribution in [0, 0.1) is 6.92 Å². The van der Waals surface area contributed by atoms with Crippen LogP contribution in [0.25, 0.3) is 0 Å². The maximum Gasteiger partial charge on any atom is 0.265 e. The summed E-state index contributed by atoms with van der Waals surface area (Å²) in [5.74, 6) is 1.84. The SMILES string of the molecule is CCC(Oc1ccc(C)cc1)C(=O)Nc1ccc2c(c1)OCCO2. The van der Waals surface area contributed by atoms with Crippen LogP contribution < -0.4 is 19.5 Å². The predicted molar refractivity (Wildman–Crippen MR) is 91.9 cm³/mol. The normalized spacial score (nSPS) is 13.9. The minimum absolute atomic E-state index is 0.185. The summed E-state index contributed by atoms with van der Waals surface area (Å²) in [4.78, 5) is 12.5. The molecule has 126 valence electrons. The number of rotatable bonds is 5. The molecule has 1 N–H and O–H groups in total. The van der Waals surface area contributed by atoms with Gasteiger partial charge in [-0.05, 0) is 37.6 Å². The highest BCUT2D eigenvalue weighted by atomic mass is 16.6. The molecule has 0 spiro atoms. The number of carbonyl (C=O) groups is 1. The second-order valence-electron chi connectivity index (χ2n) is 5.68. The fourth-order valence-electron chi connectivity index (χ4n) is 2.45. The molecule has 1 aliphatic heterocycles. The van der Waals surface area contributed by atoms with Crippen molar-refractivity contribution in [3.05, 3.63) is 48.0 Å². The first kappa shape index (κ1) is 16.2. The van der Waals surface area contributed by atoms with Gasteiger partial charge in [-0.25, -0.2) is 0 Å². The molecule has 0 saturated heterocycles. The van der Waals surface area contributed by atoms with E-state index >= 15 is 0 Å². The van der Waals surface area contributed by atoms with Crippen LogP contribution in [0.2, 0.25) is 0 Å². The number of aryl methyl sites for hydroxylation is 1. The summed E-state index contributed by atoms with van der Waals surface area (Å²) >= 11 is 0. The Morgan fingerprint density at radius 1 is 1.12 bits per heavy atom. The number of nitrogens with one attached hydrogen (secondary N) is 1. The van der Waals surface area contributed by atoms with Gasteiger partial charge in [0.15, 0.2) is 17.6 Å². The standard InChI is InChI=1S/C19H21NO4/c1-3-16(24-15-7-4-13(2)5-8-15)19(21)20-14-6-9-17-18(12-14)23-11-10-22-17/h4-9,12,16H,3,10-11H2,1-2H3,(H,20,21). The van der Waals surface area contributed by atoms with E-state index in [0.29, 0.717) is 42.6 Å². The van der Waals surface area contributed by atoms with E-state index in [0.717, 1.165) is 5.56 Å². The molecular formula is C19H21NO4. The Balaban J connectivity index is 1.67. The molecular weight excluding hydrogens is 306 g/mol. The van der Waals surface area contributed by atoms with Gasteiger partial charge in [0.2, 0.25) is 0 Å². The molecule has 1 heterocycles. The quantitative estimate of drug-likeness (QED) is 0.912. The molecule has 24 heavy (non-hydrogen) atoms. The third-order valence-electron chi connectivity index (χ3n) is 3.77. The summed E-state index contributed by atoms with van der Waals surface area (Å²) in [5, 5.41) is 2.88. The number of anilines is 1. The van der Waals surface area contributed by atoms with Crippen molar-refractivity contribution in [3.8, 4) is 17.2 Å². The summed E-state index contributed by atoms with van der Waals surface area (Å²) in [6.45, 7) is 4.98. The first-order valence-corrected chi connectivity index (χ1v) is 8.09. The van der Waals surface area contributed by atoms with Crippen LogP contribution in [0.15, 0.2) is 42.5 Å². The van der Waals surface area contributed by atoms with Crippen LogP contribution in [0.3, 0.4) is 0 Å². The zero-order valence-corrected chi connectivity index (χ0v) is 13.9. The molecule has 1 aliphatic rings. The van der Waals surface area contributed by atoms with Crippen LogP contribution in [-0.4, -0.2) is 25.2 Å². The maximum absolute atomic E-state index is 12.5.